The Hall–Kier alpha value is -2.05. The smallest absolute Gasteiger partial charge is 0.307 e. The van der Waals surface area contributed by atoms with Crippen LogP contribution in [-0.4, -0.2) is 21.2 Å². The first kappa shape index (κ1) is 11.4. The van der Waals surface area contributed by atoms with Gasteiger partial charge in [0, 0.05) is 10.9 Å². The van der Waals surface area contributed by atoms with E-state index in [1.165, 1.54) is 12.1 Å². The molecule has 0 aliphatic carbocycles. The minimum absolute atomic E-state index is 0.0697. The number of fused-ring (bicyclic) bond motifs is 1. The molecule has 17 heavy (non-hydrogen) atoms. The van der Waals surface area contributed by atoms with Crippen LogP contribution in [-0.2, 0) is 11.2 Å². The summed E-state index contributed by atoms with van der Waals surface area (Å²) in [6.07, 6.45) is -0.970. The molecule has 0 bridgehead atoms. The fourth-order valence-electron chi connectivity index (χ4n) is 1.88. The van der Waals surface area contributed by atoms with Gasteiger partial charge in [0.1, 0.15) is 5.75 Å². The molecule has 1 aromatic heterocycles. The Morgan fingerprint density at radius 1 is 1.41 bits per heavy atom. The Kier molecular flexibility index (Phi) is 2.74. The molecular formula is C11H13N3O3. The first-order valence-electron chi connectivity index (χ1n) is 5.05. The lowest BCUT2D eigenvalue weighted by molar-refractivity contribution is -0.136. The minimum Gasteiger partial charge on any atom is -0.508 e. The normalized spacial score (nSPS) is 11.2. The predicted octanol–water partition coefficient (Wildman–Crippen LogP) is 0.417. The van der Waals surface area contributed by atoms with Crippen molar-refractivity contribution in [2.24, 2.45) is 11.5 Å². The predicted molar refractivity (Wildman–Crippen MR) is 62.4 cm³/mol. The number of aliphatic carboxylic acids is 1. The van der Waals surface area contributed by atoms with Crippen molar-refractivity contribution in [1.82, 2.24) is 4.98 Å². The number of aromatic amines is 1. The maximum Gasteiger partial charge on any atom is 0.307 e. The van der Waals surface area contributed by atoms with Crippen molar-refractivity contribution >= 4 is 16.9 Å². The molecule has 0 radical (unpaired) electrons. The Bertz CT molecular complexity index is 575. The number of aromatic nitrogens is 1. The number of nitrogens with one attached hydrogen (secondary N) is 1. The summed E-state index contributed by atoms with van der Waals surface area (Å²) in [5.41, 5.74) is 12.9. The number of carboxylic acids is 1. The van der Waals surface area contributed by atoms with Crippen molar-refractivity contribution in [3.05, 3.63) is 29.5 Å². The van der Waals surface area contributed by atoms with Crippen LogP contribution < -0.4 is 11.5 Å². The number of hydrogen-bond donors (Lipinski definition) is 5. The zero-order valence-corrected chi connectivity index (χ0v) is 8.97. The number of aromatic hydroxyl groups is 1. The molecule has 7 N–H and O–H groups in total. The van der Waals surface area contributed by atoms with E-state index in [-0.39, 0.29) is 12.2 Å². The molecule has 0 aliphatic heterocycles. The van der Waals surface area contributed by atoms with Crippen LogP contribution in [0.5, 0.6) is 5.75 Å². The van der Waals surface area contributed by atoms with Crippen LogP contribution in [0.1, 0.15) is 17.4 Å². The number of hydrogen-bond acceptors (Lipinski definition) is 4. The zero-order chi connectivity index (χ0) is 12.6. The van der Waals surface area contributed by atoms with Gasteiger partial charge in [-0.1, -0.05) is 0 Å². The summed E-state index contributed by atoms with van der Waals surface area (Å²) in [7, 11) is 0. The molecule has 2 rings (SSSR count). The van der Waals surface area contributed by atoms with E-state index in [1.807, 2.05) is 0 Å². The Labute approximate surface area is 96.8 Å². The average Bonchev–Trinajstić information content (AvgIpc) is 2.56. The number of H-pyrrole nitrogens is 1. The third-order valence-electron chi connectivity index (χ3n) is 2.58. The van der Waals surface area contributed by atoms with E-state index < -0.39 is 12.1 Å². The number of benzene rings is 1. The molecule has 0 saturated carbocycles. The lowest BCUT2D eigenvalue weighted by Crippen LogP contribution is -2.22. The molecule has 0 unspecified atom stereocenters. The molecule has 0 fully saturated rings. The topological polar surface area (TPSA) is 125 Å². The molecule has 0 amide bonds. The fraction of sp³-hybridized carbons (Fsp3) is 0.182. The van der Waals surface area contributed by atoms with Crippen molar-refractivity contribution in [3.8, 4) is 5.75 Å². The SMILES string of the molecule is NC(N)c1[nH]c2ccc(O)cc2c1CC(=O)O. The minimum atomic E-state index is -0.976. The largest absolute Gasteiger partial charge is 0.508 e. The van der Waals surface area contributed by atoms with E-state index in [0.29, 0.717) is 22.2 Å². The van der Waals surface area contributed by atoms with Gasteiger partial charge in [0.2, 0.25) is 0 Å². The second-order valence-electron chi connectivity index (χ2n) is 3.84. The number of carbonyl (C=O) groups is 1. The van der Waals surface area contributed by atoms with Gasteiger partial charge in [0.05, 0.1) is 18.3 Å². The van der Waals surface area contributed by atoms with Gasteiger partial charge in [0.25, 0.3) is 0 Å². The second kappa shape index (κ2) is 4.08. The molecule has 2 aromatic rings. The highest BCUT2D eigenvalue weighted by atomic mass is 16.4. The van der Waals surface area contributed by atoms with Gasteiger partial charge in [-0.3, -0.25) is 4.79 Å². The van der Waals surface area contributed by atoms with Crippen LogP contribution in [0.15, 0.2) is 18.2 Å². The molecule has 0 aliphatic rings. The van der Waals surface area contributed by atoms with Gasteiger partial charge in [0.15, 0.2) is 0 Å². The molecule has 0 atom stereocenters. The number of nitrogens with two attached hydrogens (primary N) is 2. The Morgan fingerprint density at radius 2 is 2.12 bits per heavy atom. The molecular weight excluding hydrogens is 222 g/mol. The van der Waals surface area contributed by atoms with E-state index in [1.54, 1.807) is 6.07 Å². The fourth-order valence-corrected chi connectivity index (χ4v) is 1.88. The lowest BCUT2D eigenvalue weighted by Gasteiger charge is -2.05. The highest BCUT2D eigenvalue weighted by molar-refractivity contribution is 5.89. The highest BCUT2D eigenvalue weighted by Gasteiger charge is 2.17. The number of rotatable bonds is 3. The highest BCUT2D eigenvalue weighted by Crippen LogP contribution is 2.28. The molecule has 0 spiro atoms. The summed E-state index contributed by atoms with van der Waals surface area (Å²) in [6, 6.07) is 4.66. The van der Waals surface area contributed by atoms with Crippen molar-refractivity contribution in [2.45, 2.75) is 12.6 Å². The van der Waals surface area contributed by atoms with Crippen LogP contribution in [0.2, 0.25) is 0 Å². The number of phenols is 1. The standard InChI is InChI=1S/C11H13N3O3/c12-11(13)10-7(4-9(16)17)6-3-5(15)1-2-8(6)14-10/h1-3,11,14-15H,4,12-13H2,(H,16,17). The summed E-state index contributed by atoms with van der Waals surface area (Å²) in [5, 5.41) is 18.9. The molecule has 6 nitrogen and oxygen atoms in total. The van der Waals surface area contributed by atoms with Crippen LogP contribution in [0.3, 0.4) is 0 Å². The number of carboxylic acid groups (broad SMARTS) is 1. The summed E-state index contributed by atoms with van der Waals surface area (Å²) in [4.78, 5) is 13.8. The summed E-state index contributed by atoms with van der Waals surface area (Å²) < 4.78 is 0. The van der Waals surface area contributed by atoms with Gasteiger partial charge < -0.3 is 26.7 Å². The maximum absolute atomic E-state index is 10.8. The second-order valence-corrected chi connectivity index (χ2v) is 3.84. The molecule has 0 saturated heterocycles. The maximum atomic E-state index is 10.8. The Balaban J connectivity index is 2.68. The van der Waals surface area contributed by atoms with Gasteiger partial charge in [-0.15, -0.1) is 0 Å². The summed E-state index contributed by atoms with van der Waals surface area (Å²) >= 11 is 0. The van der Waals surface area contributed by atoms with E-state index in [4.69, 9.17) is 16.6 Å². The van der Waals surface area contributed by atoms with Crippen LogP contribution >= 0.6 is 0 Å². The van der Waals surface area contributed by atoms with Crippen molar-refractivity contribution in [3.63, 3.8) is 0 Å². The first-order chi connectivity index (χ1) is 7.99. The van der Waals surface area contributed by atoms with Gasteiger partial charge in [-0.2, -0.15) is 0 Å². The zero-order valence-electron chi connectivity index (χ0n) is 8.97. The molecule has 90 valence electrons. The average molecular weight is 235 g/mol. The van der Waals surface area contributed by atoms with Crippen LogP contribution in [0, 0.1) is 0 Å². The third kappa shape index (κ3) is 2.08. The summed E-state index contributed by atoms with van der Waals surface area (Å²) in [6.45, 7) is 0. The van der Waals surface area contributed by atoms with E-state index >= 15 is 0 Å². The first-order valence-corrected chi connectivity index (χ1v) is 5.05. The van der Waals surface area contributed by atoms with Gasteiger partial charge in [-0.25, -0.2) is 0 Å². The van der Waals surface area contributed by atoms with Gasteiger partial charge in [-0.05, 0) is 23.8 Å². The molecule has 1 aromatic carbocycles. The summed E-state index contributed by atoms with van der Waals surface area (Å²) in [5.74, 6) is -0.906. The lowest BCUT2D eigenvalue weighted by atomic mass is 10.1. The van der Waals surface area contributed by atoms with Crippen molar-refractivity contribution in [1.29, 1.82) is 0 Å². The van der Waals surface area contributed by atoms with Crippen LogP contribution in [0.25, 0.3) is 10.9 Å². The van der Waals surface area contributed by atoms with Crippen LogP contribution in [0.4, 0.5) is 0 Å². The van der Waals surface area contributed by atoms with Gasteiger partial charge >= 0.3 is 5.97 Å². The van der Waals surface area contributed by atoms with Crippen molar-refractivity contribution in [2.75, 3.05) is 0 Å². The molecule has 1 heterocycles. The van der Waals surface area contributed by atoms with E-state index in [0.717, 1.165) is 0 Å². The monoisotopic (exact) mass is 235 g/mol. The molecule has 6 heteroatoms. The van der Waals surface area contributed by atoms with Crippen molar-refractivity contribution < 1.29 is 15.0 Å². The van der Waals surface area contributed by atoms with E-state index in [9.17, 15) is 9.90 Å². The Morgan fingerprint density at radius 3 is 2.71 bits per heavy atom. The third-order valence-corrected chi connectivity index (χ3v) is 2.58. The van der Waals surface area contributed by atoms with E-state index in [2.05, 4.69) is 4.98 Å². The number of phenolic OH excluding ortho intramolecular Hbond substituents is 1. The quantitative estimate of drug-likeness (QED) is 0.493.